The zero-order valence-electron chi connectivity index (χ0n) is 7.69. The van der Waals surface area contributed by atoms with Crippen LogP contribution >= 0.6 is 11.8 Å². The average Bonchev–Trinajstić information content (AvgIpc) is 2.69. The highest BCUT2D eigenvalue weighted by atomic mass is 32.2. The SMILES string of the molecule is O=C(O)Cc1ncc(C2CCSC2)[nH]1. The monoisotopic (exact) mass is 212 g/mol. The lowest BCUT2D eigenvalue weighted by atomic mass is 10.1. The van der Waals surface area contributed by atoms with E-state index in [9.17, 15) is 4.79 Å². The number of nitrogens with one attached hydrogen (secondary N) is 1. The number of hydrogen-bond donors (Lipinski definition) is 2. The third-order valence-electron chi connectivity index (χ3n) is 2.34. The van der Waals surface area contributed by atoms with Gasteiger partial charge >= 0.3 is 5.97 Å². The summed E-state index contributed by atoms with van der Waals surface area (Å²) in [6, 6.07) is 0. The smallest absolute Gasteiger partial charge is 0.311 e. The molecule has 4 nitrogen and oxygen atoms in total. The van der Waals surface area contributed by atoms with Crippen molar-refractivity contribution in [3.63, 3.8) is 0 Å². The number of carboxylic acid groups (broad SMARTS) is 1. The number of carbonyl (C=O) groups is 1. The Kier molecular flexibility index (Phi) is 2.77. The largest absolute Gasteiger partial charge is 0.481 e. The fourth-order valence-electron chi connectivity index (χ4n) is 1.60. The lowest BCUT2D eigenvalue weighted by Crippen LogP contribution is -2.02. The van der Waals surface area contributed by atoms with Crippen LogP contribution in [-0.2, 0) is 11.2 Å². The van der Waals surface area contributed by atoms with E-state index in [0.29, 0.717) is 11.7 Å². The second-order valence-electron chi connectivity index (χ2n) is 3.42. The fraction of sp³-hybridized carbons (Fsp3) is 0.556. The van der Waals surface area contributed by atoms with Crippen LogP contribution in [0.1, 0.15) is 23.9 Å². The van der Waals surface area contributed by atoms with E-state index >= 15 is 0 Å². The van der Waals surface area contributed by atoms with Crippen LogP contribution < -0.4 is 0 Å². The van der Waals surface area contributed by atoms with E-state index in [1.165, 1.54) is 12.2 Å². The summed E-state index contributed by atoms with van der Waals surface area (Å²) < 4.78 is 0. The van der Waals surface area contributed by atoms with E-state index in [0.717, 1.165) is 11.4 Å². The molecule has 14 heavy (non-hydrogen) atoms. The van der Waals surface area contributed by atoms with Gasteiger partial charge in [0.15, 0.2) is 0 Å². The highest BCUT2D eigenvalue weighted by molar-refractivity contribution is 7.99. The Morgan fingerprint density at radius 3 is 3.29 bits per heavy atom. The van der Waals surface area contributed by atoms with Crippen molar-refractivity contribution in [2.45, 2.75) is 18.8 Å². The van der Waals surface area contributed by atoms with Crippen molar-refractivity contribution in [3.05, 3.63) is 17.7 Å². The molecular formula is C9H12N2O2S. The summed E-state index contributed by atoms with van der Waals surface area (Å²) in [5, 5.41) is 8.58. The molecule has 0 amide bonds. The summed E-state index contributed by atoms with van der Waals surface area (Å²) in [4.78, 5) is 17.6. The van der Waals surface area contributed by atoms with Crippen LogP contribution in [0.5, 0.6) is 0 Å². The number of aromatic nitrogens is 2. The third kappa shape index (κ3) is 2.09. The summed E-state index contributed by atoms with van der Waals surface area (Å²) in [6.07, 6.45) is 2.92. The quantitative estimate of drug-likeness (QED) is 0.791. The Balaban J connectivity index is 2.05. The molecule has 1 atom stereocenters. The summed E-state index contributed by atoms with van der Waals surface area (Å²) in [5.74, 6) is 2.57. The number of aromatic amines is 1. The van der Waals surface area contributed by atoms with E-state index in [2.05, 4.69) is 9.97 Å². The molecule has 1 aliphatic rings. The Labute approximate surface area is 86.1 Å². The summed E-state index contributed by atoms with van der Waals surface area (Å²) in [7, 11) is 0. The Hall–Kier alpha value is -0.970. The Morgan fingerprint density at radius 1 is 1.79 bits per heavy atom. The first-order chi connectivity index (χ1) is 6.75. The molecule has 2 N–H and O–H groups in total. The van der Waals surface area contributed by atoms with Crippen LogP contribution in [0.3, 0.4) is 0 Å². The fourth-order valence-corrected chi connectivity index (χ4v) is 2.85. The molecule has 0 saturated carbocycles. The van der Waals surface area contributed by atoms with Gasteiger partial charge in [0, 0.05) is 23.6 Å². The molecule has 0 radical (unpaired) electrons. The van der Waals surface area contributed by atoms with Crippen molar-refractivity contribution in [2.24, 2.45) is 0 Å². The van der Waals surface area contributed by atoms with Crippen molar-refractivity contribution in [1.82, 2.24) is 9.97 Å². The molecular weight excluding hydrogens is 200 g/mol. The van der Waals surface area contributed by atoms with Crippen molar-refractivity contribution in [2.75, 3.05) is 11.5 Å². The zero-order chi connectivity index (χ0) is 9.97. The van der Waals surface area contributed by atoms with E-state index < -0.39 is 5.97 Å². The Morgan fingerprint density at radius 2 is 2.64 bits per heavy atom. The number of imidazole rings is 1. The topological polar surface area (TPSA) is 66.0 Å². The van der Waals surface area contributed by atoms with Crippen molar-refractivity contribution >= 4 is 17.7 Å². The molecule has 1 saturated heterocycles. The molecule has 5 heteroatoms. The number of hydrogen-bond acceptors (Lipinski definition) is 3. The molecule has 0 spiro atoms. The number of aliphatic carboxylic acids is 1. The minimum absolute atomic E-state index is 0.0140. The molecule has 0 aliphatic carbocycles. The van der Waals surface area contributed by atoms with Crippen LogP contribution in [0.15, 0.2) is 6.20 Å². The predicted molar refractivity (Wildman–Crippen MR) is 54.6 cm³/mol. The standard InChI is InChI=1S/C9H12N2O2S/c12-9(13)3-8-10-4-7(11-8)6-1-2-14-5-6/h4,6H,1-3,5H2,(H,10,11)(H,12,13). The van der Waals surface area contributed by atoms with Gasteiger partial charge in [0.1, 0.15) is 12.2 Å². The van der Waals surface area contributed by atoms with Crippen LogP contribution in [0.4, 0.5) is 0 Å². The van der Waals surface area contributed by atoms with Gasteiger partial charge < -0.3 is 10.1 Å². The maximum atomic E-state index is 10.4. The van der Waals surface area contributed by atoms with Gasteiger partial charge in [-0.1, -0.05) is 0 Å². The van der Waals surface area contributed by atoms with Crippen LogP contribution in [0.2, 0.25) is 0 Å². The zero-order valence-corrected chi connectivity index (χ0v) is 8.51. The molecule has 0 aromatic carbocycles. The predicted octanol–water partition coefficient (Wildman–Crippen LogP) is 1.26. The number of H-pyrrole nitrogens is 1. The van der Waals surface area contributed by atoms with E-state index in [4.69, 9.17) is 5.11 Å². The maximum Gasteiger partial charge on any atom is 0.311 e. The summed E-state index contributed by atoms with van der Waals surface area (Å²) >= 11 is 1.94. The minimum atomic E-state index is -0.841. The van der Waals surface area contributed by atoms with Gasteiger partial charge in [-0.25, -0.2) is 4.98 Å². The van der Waals surface area contributed by atoms with Gasteiger partial charge in [0.05, 0.1) is 0 Å². The Bertz CT molecular complexity index is 331. The molecule has 1 fully saturated rings. The van der Waals surface area contributed by atoms with E-state index in [1.54, 1.807) is 6.20 Å². The second-order valence-corrected chi connectivity index (χ2v) is 4.57. The van der Waals surface area contributed by atoms with Gasteiger partial charge in [0.25, 0.3) is 0 Å². The summed E-state index contributed by atoms with van der Waals surface area (Å²) in [6.45, 7) is 0. The lowest BCUT2D eigenvalue weighted by Gasteiger charge is -2.02. The van der Waals surface area contributed by atoms with Gasteiger partial charge in [-0.2, -0.15) is 11.8 Å². The first-order valence-corrected chi connectivity index (χ1v) is 5.74. The number of rotatable bonds is 3. The van der Waals surface area contributed by atoms with E-state index in [1.807, 2.05) is 11.8 Å². The molecule has 0 bridgehead atoms. The minimum Gasteiger partial charge on any atom is -0.481 e. The molecule has 76 valence electrons. The molecule has 2 heterocycles. The molecule has 1 aromatic rings. The maximum absolute atomic E-state index is 10.4. The van der Waals surface area contributed by atoms with Crippen LogP contribution in [0, 0.1) is 0 Å². The van der Waals surface area contributed by atoms with Crippen molar-refractivity contribution < 1.29 is 9.90 Å². The van der Waals surface area contributed by atoms with Gasteiger partial charge in [-0.05, 0) is 12.2 Å². The lowest BCUT2D eigenvalue weighted by molar-refractivity contribution is -0.136. The van der Waals surface area contributed by atoms with Gasteiger partial charge in [-0.15, -0.1) is 0 Å². The second kappa shape index (κ2) is 4.04. The number of nitrogens with zero attached hydrogens (tertiary/aromatic N) is 1. The van der Waals surface area contributed by atoms with Crippen molar-refractivity contribution in [3.8, 4) is 0 Å². The number of carboxylic acids is 1. The molecule has 1 unspecified atom stereocenters. The number of thioether (sulfide) groups is 1. The normalized spacial score (nSPS) is 21.3. The molecule has 2 rings (SSSR count). The first-order valence-electron chi connectivity index (χ1n) is 4.59. The average molecular weight is 212 g/mol. The first kappa shape index (κ1) is 9.58. The third-order valence-corrected chi connectivity index (χ3v) is 3.50. The van der Waals surface area contributed by atoms with Crippen molar-refractivity contribution in [1.29, 1.82) is 0 Å². The molecule has 1 aromatic heterocycles. The molecule has 1 aliphatic heterocycles. The van der Waals surface area contributed by atoms with Gasteiger partial charge in [0.2, 0.25) is 0 Å². The van der Waals surface area contributed by atoms with Crippen LogP contribution in [0.25, 0.3) is 0 Å². The van der Waals surface area contributed by atoms with Gasteiger partial charge in [-0.3, -0.25) is 4.79 Å². The summed E-state index contributed by atoms with van der Waals surface area (Å²) in [5.41, 5.74) is 1.09. The van der Waals surface area contributed by atoms with Crippen LogP contribution in [-0.4, -0.2) is 32.5 Å². The highest BCUT2D eigenvalue weighted by Gasteiger charge is 2.19. The highest BCUT2D eigenvalue weighted by Crippen LogP contribution is 2.31. The van der Waals surface area contributed by atoms with E-state index in [-0.39, 0.29) is 6.42 Å².